The number of tetrazole rings is 1. The summed E-state index contributed by atoms with van der Waals surface area (Å²) in [5, 5.41) is 23.2. The van der Waals surface area contributed by atoms with Gasteiger partial charge in [-0.1, -0.05) is 79.7 Å². The fourth-order valence-electron chi connectivity index (χ4n) is 8.15. The molecule has 0 bridgehead atoms. The van der Waals surface area contributed by atoms with Gasteiger partial charge in [-0.05, 0) is 133 Å². The largest absolute Gasteiger partial charge is 0.413 e. The summed E-state index contributed by atoms with van der Waals surface area (Å²) in [4.78, 5) is 0. The highest BCUT2D eigenvalue weighted by Crippen LogP contribution is 2.59. The predicted molar refractivity (Wildman–Crippen MR) is 199 cm³/mol. The molecule has 7 nitrogen and oxygen atoms in total. The topological polar surface area (TPSA) is 82.3 Å². The first kappa shape index (κ1) is 38.4. The van der Waals surface area contributed by atoms with Crippen LogP contribution in [0.5, 0.6) is 0 Å². The minimum atomic E-state index is -2.00. The average molecular weight is 685 g/mol. The van der Waals surface area contributed by atoms with Crippen molar-refractivity contribution in [3.63, 3.8) is 0 Å². The smallest absolute Gasteiger partial charge is 0.192 e. The fourth-order valence-corrected chi connectivity index (χ4v) is 10.8. The number of aromatic nitrogens is 4. The molecule has 0 unspecified atom stereocenters. The van der Waals surface area contributed by atoms with Gasteiger partial charge in [-0.15, -0.1) is 5.10 Å². The lowest BCUT2D eigenvalue weighted by Crippen LogP contribution is -2.49. The van der Waals surface area contributed by atoms with E-state index in [9.17, 15) is 5.11 Å². The zero-order valence-corrected chi connectivity index (χ0v) is 34.5. The van der Waals surface area contributed by atoms with Gasteiger partial charge < -0.3 is 14.0 Å². The molecule has 6 atom stereocenters. The van der Waals surface area contributed by atoms with Crippen molar-refractivity contribution in [3.05, 3.63) is 41.3 Å². The van der Waals surface area contributed by atoms with Gasteiger partial charge in [-0.25, -0.2) is 4.68 Å². The molecule has 0 saturated heterocycles. The van der Waals surface area contributed by atoms with Gasteiger partial charge in [0.2, 0.25) is 0 Å². The molecule has 3 aliphatic rings. The summed E-state index contributed by atoms with van der Waals surface area (Å²) in [6, 6.07) is 0. The van der Waals surface area contributed by atoms with E-state index in [1.807, 2.05) is 4.68 Å². The maximum Gasteiger partial charge on any atom is 0.192 e. The molecule has 1 aromatic rings. The van der Waals surface area contributed by atoms with E-state index in [4.69, 9.17) is 8.85 Å². The Labute approximate surface area is 289 Å². The van der Waals surface area contributed by atoms with Gasteiger partial charge in [-0.3, -0.25) is 0 Å². The second kappa shape index (κ2) is 13.4. The summed E-state index contributed by atoms with van der Waals surface area (Å²) >= 11 is 0. The molecule has 1 aromatic heterocycles. The summed E-state index contributed by atoms with van der Waals surface area (Å²) in [6.45, 7) is 37.2. The second-order valence-corrected chi connectivity index (χ2v) is 28.6. The van der Waals surface area contributed by atoms with Gasteiger partial charge in [0.15, 0.2) is 22.5 Å². The van der Waals surface area contributed by atoms with Crippen LogP contribution in [0.25, 0.3) is 0 Å². The van der Waals surface area contributed by atoms with E-state index in [1.54, 1.807) is 19.4 Å². The van der Waals surface area contributed by atoms with E-state index < -0.39 is 22.2 Å². The molecule has 9 heteroatoms. The second-order valence-electron chi connectivity index (χ2n) is 19.1. The summed E-state index contributed by atoms with van der Waals surface area (Å²) in [5.41, 5.74) is 3.25. The monoisotopic (exact) mass is 684 g/mol. The Bertz CT molecular complexity index is 1340. The molecule has 0 spiro atoms. The number of rotatable bonds is 9. The van der Waals surface area contributed by atoms with Crippen LogP contribution in [0.1, 0.15) is 120 Å². The lowest BCUT2D eigenvalue weighted by atomic mass is 9.61. The van der Waals surface area contributed by atoms with Crippen LogP contribution in [0.3, 0.4) is 0 Å². The van der Waals surface area contributed by atoms with E-state index in [-0.39, 0.29) is 27.7 Å². The molecule has 47 heavy (non-hydrogen) atoms. The molecule has 4 rings (SSSR count). The highest BCUT2D eigenvalue weighted by molar-refractivity contribution is 6.74. The van der Waals surface area contributed by atoms with E-state index in [0.29, 0.717) is 23.6 Å². The maximum absolute atomic E-state index is 10.6. The quantitative estimate of drug-likeness (QED) is 0.261. The van der Waals surface area contributed by atoms with Crippen molar-refractivity contribution in [1.82, 2.24) is 20.2 Å². The molecule has 3 fully saturated rings. The van der Waals surface area contributed by atoms with Gasteiger partial charge in [0, 0.05) is 13.0 Å². The van der Waals surface area contributed by atoms with Gasteiger partial charge in [0.1, 0.15) is 5.60 Å². The zero-order valence-electron chi connectivity index (χ0n) is 32.5. The third-order valence-corrected chi connectivity index (χ3v) is 22.0. The first-order chi connectivity index (χ1) is 21.4. The minimum Gasteiger partial charge on any atom is -0.413 e. The molecular weight excluding hydrogens is 617 g/mol. The minimum absolute atomic E-state index is 0.00235. The zero-order chi connectivity index (χ0) is 35.4. The van der Waals surface area contributed by atoms with Crippen LogP contribution in [0, 0.1) is 23.2 Å². The van der Waals surface area contributed by atoms with Crippen LogP contribution in [0.4, 0.5) is 0 Å². The first-order valence-corrected chi connectivity index (χ1v) is 24.1. The van der Waals surface area contributed by atoms with E-state index in [2.05, 4.69) is 116 Å². The van der Waals surface area contributed by atoms with Crippen LogP contribution in [-0.4, -0.2) is 54.2 Å². The molecule has 3 aliphatic carbocycles. The van der Waals surface area contributed by atoms with Crippen molar-refractivity contribution in [2.45, 2.75) is 175 Å². The Morgan fingerprint density at radius 3 is 2.21 bits per heavy atom. The fraction of sp³-hybridized carbons (Fsp3) is 0.816. The van der Waals surface area contributed by atoms with Crippen LogP contribution in [-0.2, 0) is 21.0 Å². The van der Waals surface area contributed by atoms with Gasteiger partial charge >= 0.3 is 0 Å². The van der Waals surface area contributed by atoms with Crippen LogP contribution >= 0.6 is 0 Å². The van der Waals surface area contributed by atoms with E-state index in [1.165, 1.54) is 37.7 Å². The normalized spacial score (nSPS) is 30.7. The summed E-state index contributed by atoms with van der Waals surface area (Å²) in [5.74, 6) is 2.11. The highest BCUT2D eigenvalue weighted by Gasteiger charge is 2.51. The van der Waals surface area contributed by atoms with Gasteiger partial charge in [0.25, 0.3) is 0 Å². The van der Waals surface area contributed by atoms with Gasteiger partial charge in [0.05, 0.1) is 12.2 Å². The molecule has 3 saturated carbocycles. The number of nitrogens with zero attached hydrogens (tertiary/aromatic N) is 4. The Morgan fingerprint density at radius 1 is 1.00 bits per heavy atom. The van der Waals surface area contributed by atoms with Crippen LogP contribution in [0.15, 0.2) is 35.5 Å². The molecule has 266 valence electrons. The third kappa shape index (κ3) is 8.16. The molecular formula is C38H68N4O3Si2. The van der Waals surface area contributed by atoms with E-state index in [0.717, 1.165) is 25.0 Å². The van der Waals surface area contributed by atoms with Crippen LogP contribution in [0.2, 0.25) is 36.3 Å². The molecule has 1 N–H and O–H groups in total. The predicted octanol–water partition coefficient (Wildman–Crippen LogP) is 9.74. The first-order valence-electron chi connectivity index (χ1n) is 18.3. The Hall–Kier alpha value is -1.40. The SMILES string of the molecule is C=C1/C(=C/C=C2\CCC[C@]3(C)[C@@H]([C@H](C)Cn4nnnc4C(C)(C)O)CC[C@@H]23)C[C@@H](O[Si](C)(C)C(C)(C)C)C[C@@H]1O[Si](C)(C)C(C)(C)C. The van der Waals surface area contributed by atoms with Crippen molar-refractivity contribution in [2.75, 3.05) is 0 Å². The molecule has 1 heterocycles. The lowest BCUT2D eigenvalue weighted by molar-refractivity contribution is 0.0564. The summed E-state index contributed by atoms with van der Waals surface area (Å²) < 4.78 is 16.0. The van der Waals surface area contributed by atoms with Gasteiger partial charge in [-0.2, -0.15) is 0 Å². The maximum atomic E-state index is 10.6. The Morgan fingerprint density at radius 2 is 1.62 bits per heavy atom. The number of hydrogen-bond acceptors (Lipinski definition) is 6. The van der Waals surface area contributed by atoms with E-state index >= 15 is 0 Å². The number of fused-ring (bicyclic) bond motifs is 1. The number of aliphatic hydroxyl groups is 1. The highest BCUT2D eigenvalue weighted by atomic mass is 28.4. The van der Waals surface area contributed by atoms with Crippen molar-refractivity contribution < 1.29 is 14.0 Å². The Balaban J connectivity index is 1.59. The van der Waals surface area contributed by atoms with Crippen molar-refractivity contribution in [1.29, 1.82) is 0 Å². The lowest BCUT2D eigenvalue weighted by Gasteiger charge is -2.46. The molecule has 0 aliphatic heterocycles. The molecule has 0 radical (unpaired) electrons. The number of hydrogen-bond donors (Lipinski definition) is 1. The average Bonchev–Trinajstić information content (AvgIpc) is 3.52. The number of allylic oxidation sites excluding steroid dienone is 3. The van der Waals surface area contributed by atoms with Crippen LogP contribution < -0.4 is 0 Å². The third-order valence-electron chi connectivity index (χ3n) is 13.0. The summed E-state index contributed by atoms with van der Waals surface area (Å²) in [6.07, 6.45) is 12.9. The van der Waals surface area contributed by atoms with Crippen molar-refractivity contribution in [2.24, 2.45) is 23.2 Å². The Kier molecular flexibility index (Phi) is 10.9. The molecule has 0 aromatic carbocycles. The van der Waals surface area contributed by atoms with Crippen molar-refractivity contribution >= 4 is 16.6 Å². The van der Waals surface area contributed by atoms with Crippen molar-refractivity contribution in [3.8, 4) is 0 Å². The standard InChI is InChI=1S/C38H68N4O3Si2/c1-26(25-42-34(37(9,10)43)39-40-41-42)31-20-21-32-28(17-16-22-38(31,32)11)18-19-29-23-30(44-46(12,13)35(3,4)5)24-33(27(29)2)45-47(14,15)36(6,7)8/h18-19,26,30-33,43H,2,16-17,20-25H2,1,3-15H3/b28-18+,29-19+/t26-,30-,31-,32+,33+,38-/m1/s1. The summed E-state index contributed by atoms with van der Waals surface area (Å²) in [7, 11) is -3.96. The molecule has 0 amide bonds.